The summed E-state index contributed by atoms with van der Waals surface area (Å²) < 4.78 is 53.0. The first-order chi connectivity index (χ1) is 13.2. The van der Waals surface area contributed by atoms with Crippen molar-refractivity contribution in [3.63, 3.8) is 0 Å². The van der Waals surface area contributed by atoms with E-state index in [9.17, 15) is 22.0 Å². The molecular weight excluding hydrogens is 388 g/mol. The SMILES string of the molecule is CN(C)c1cccc(C(=O)N2CCN(S(=O)(=O)c3ccc(F)c(F)c3)CC2)c1. The van der Waals surface area contributed by atoms with Crippen molar-refractivity contribution in [1.82, 2.24) is 9.21 Å². The Kier molecular flexibility index (Phi) is 5.66. The summed E-state index contributed by atoms with van der Waals surface area (Å²) in [6.07, 6.45) is 0. The summed E-state index contributed by atoms with van der Waals surface area (Å²) in [7, 11) is -0.190. The molecule has 1 heterocycles. The van der Waals surface area contributed by atoms with E-state index in [2.05, 4.69) is 0 Å². The number of nitrogens with zero attached hydrogens (tertiary/aromatic N) is 3. The summed E-state index contributed by atoms with van der Waals surface area (Å²) in [6, 6.07) is 9.70. The highest BCUT2D eigenvalue weighted by Gasteiger charge is 2.31. The smallest absolute Gasteiger partial charge is 0.254 e. The average molecular weight is 409 g/mol. The summed E-state index contributed by atoms with van der Waals surface area (Å²) in [4.78, 5) is 15.9. The molecule has 1 aliphatic heterocycles. The van der Waals surface area contributed by atoms with Crippen LogP contribution < -0.4 is 4.90 Å². The molecule has 1 fully saturated rings. The van der Waals surface area contributed by atoms with Gasteiger partial charge in [-0.1, -0.05) is 6.07 Å². The van der Waals surface area contributed by atoms with Crippen molar-refractivity contribution in [3.05, 3.63) is 59.7 Å². The molecule has 0 spiro atoms. The van der Waals surface area contributed by atoms with Crippen molar-refractivity contribution >= 4 is 21.6 Å². The van der Waals surface area contributed by atoms with Crippen LogP contribution in [0.15, 0.2) is 47.4 Å². The zero-order valence-corrected chi connectivity index (χ0v) is 16.4. The lowest BCUT2D eigenvalue weighted by atomic mass is 10.1. The molecule has 0 unspecified atom stereocenters. The average Bonchev–Trinajstić information content (AvgIpc) is 2.69. The second-order valence-corrected chi connectivity index (χ2v) is 8.65. The maximum atomic E-state index is 13.4. The van der Waals surface area contributed by atoms with Crippen molar-refractivity contribution in [2.45, 2.75) is 4.90 Å². The first kappa shape index (κ1) is 20.2. The molecular formula is C19H21F2N3O3S. The van der Waals surface area contributed by atoms with Crippen LogP contribution in [0.1, 0.15) is 10.4 Å². The number of carbonyl (C=O) groups excluding carboxylic acids is 1. The highest BCUT2D eigenvalue weighted by molar-refractivity contribution is 7.89. The lowest BCUT2D eigenvalue weighted by molar-refractivity contribution is 0.0698. The van der Waals surface area contributed by atoms with Gasteiger partial charge in [-0.05, 0) is 36.4 Å². The lowest BCUT2D eigenvalue weighted by Crippen LogP contribution is -2.50. The Balaban J connectivity index is 1.71. The maximum absolute atomic E-state index is 13.4. The molecule has 6 nitrogen and oxygen atoms in total. The minimum atomic E-state index is -3.95. The molecule has 0 saturated carbocycles. The Bertz CT molecular complexity index is 988. The number of piperazine rings is 1. The van der Waals surface area contributed by atoms with Gasteiger partial charge >= 0.3 is 0 Å². The largest absolute Gasteiger partial charge is 0.378 e. The standard InChI is InChI=1S/C19H21F2N3O3S/c1-22(2)15-5-3-4-14(12-15)19(25)23-8-10-24(11-9-23)28(26,27)16-6-7-17(20)18(21)13-16/h3-7,12-13H,8-11H2,1-2H3. The first-order valence-corrected chi connectivity index (χ1v) is 10.2. The minimum Gasteiger partial charge on any atom is -0.378 e. The highest BCUT2D eigenvalue weighted by Crippen LogP contribution is 2.21. The zero-order valence-electron chi connectivity index (χ0n) is 15.6. The van der Waals surface area contributed by atoms with Gasteiger partial charge in [0.15, 0.2) is 11.6 Å². The number of amides is 1. The fraction of sp³-hybridized carbons (Fsp3) is 0.316. The van der Waals surface area contributed by atoms with E-state index >= 15 is 0 Å². The molecule has 9 heteroatoms. The molecule has 1 saturated heterocycles. The number of benzene rings is 2. The van der Waals surface area contributed by atoms with Crippen LogP contribution in [0.5, 0.6) is 0 Å². The van der Waals surface area contributed by atoms with Crippen LogP contribution in [0.3, 0.4) is 0 Å². The molecule has 0 N–H and O–H groups in total. The number of sulfonamides is 1. The zero-order chi connectivity index (χ0) is 20.5. The summed E-state index contributed by atoms with van der Waals surface area (Å²) in [6.45, 7) is 0.600. The third-order valence-corrected chi connectivity index (χ3v) is 6.56. The molecule has 0 aromatic heterocycles. The van der Waals surface area contributed by atoms with Gasteiger partial charge in [-0.3, -0.25) is 4.79 Å². The summed E-state index contributed by atoms with van der Waals surface area (Å²) in [5.41, 5.74) is 1.42. The molecule has 0 aliphatic carbocycles. The van der Waals surface area contributed by atoms with E-state index in [0.717, 1.165) is 17.8 Å². The van der Waals surface area contributed by atoms with Crippen LogP contribution >= 0.6 is 0 Å². The molecule has 1 amide bonds. The second kappa shape index (κ2) is 7.84. The normalized spacial score (nSPS) is 15.5. The van der Waals surface area contributed by atoms with E-state index in [1.807, 2.05) is 25.1 Å². The van der Waals surface area contributed by atoms with Crippen LogP contribution in [0.2, 0.25) is 0 Å². The van der Waals surface area contributed by atoms with Crippen molar-refractivity contribution in [2.24, 2.45) is 0 Å². The van der Waals surface area contributed by atoms with Crippen LogP contribution in [0.25, 0.3) is 0 Å². The Labute approximate surface area is 163 Å². The fourth-order valence-electron chi connectivity index (χ4n) is 3.02. The van der Waals surface area contributed by atoms with Gasteiger partial charge < -0.3 is 9.80 Å². The van der Waals surface area contributed by atoms with Gasteiger partial charge in [0.05, 0.1) is 4.90 Å². The monoisotopic (exact) mass is 409 g/mol. The fourth-order valence-corrected chi connectivity index (χ4v) is 4.45. The topological polar surface area (TPSA) is 60.9 Å². The van der Waals surface area contributed by atoms with Gasteiger partial charge in [0.25, 0.3) is 5.91 Å². The Morgan fingerprint density at radius 1 is 0.964 bits per heavy atom. The second-order valence-electron chi connectivity index (χ2n) is 6.72. The molecule has 28 heavy (non-hydrogen) atoms. The third kappa shape index (κ3) is 4.00. The van der Waals surface area contributed by atoms with Crippen molar-refractivity contribution in [1.29, 1.82) is 0 Å². The van der Waals surface area contributed by atoms with Gasteiger partial charge in [-0.25, -0.2) is 17.2 Å². The quantitative estimate of drug-likeness (QED) is 0.777. The Hall–Kier alpha value is -2.52. The van der Waals surface area contributed by atoms with E-state index in [-0.39, 0.29) is 37.0 Å². The number of carbonyl (C=O) groups is 1. The van der Waals surface area contributed by atoms with Gasteiger partial charge in [0.1, 0.15) is 0 Å². The first-order valence-electron chi connectivity index (χ1n) is 8.72. The molecule has 0 bridgehead atoms. The molecule has 2 aromatic carbocycles. The molecule has 2 aromatic rings. The van der Waals surface area contributed by atoms with E-state index in [0.29, 0.717) is 11.6 Å². The van der Waals surface area contributed by atoms with Crippen molar-refractivity contribution in [3.8, 4) is 0 Å². The molecule has 3 rings (SSSR count). The van der Waals surface area contributed by atoms with Crippen LogP contribution in [0, 0.1) is 11.6 Å². The van der Waals surface area contributed by atoms with Gasteiger partial charge in [0.2, 0.25) is 10.0 Å². The van der Waals surface area contributed by atoms with Crippen molar-refractivity contribution in [2.75, 3.05) is 45.2 Å². The summed E-state index contributed by atoms with van der Waals surface area (Å²) >= 11 is 0. The molecule has 1 aliphatic rings. The van der Waals surface area contributed by atoms with E-state index in [4.69, 9.17) is 0 Å². The molecule has 0 atom stereocenters. The van der Waals surface area contributed by atoms with Crippen molar-refractivity contribution < 1.29 is 22.0 Å². The highest BCUT2D eigenvalue weighted by atomic mass is 32.2. The van der Waals surface area contributed by atoms with Gasteiger partial charge in [0, 0.05) is 51.5 Å². The third-order valence-electron chi connectivity index (χ3n) is 4.66. The Morgan fingerprint density at radius 2 is 1.64 bits per heavy atom. The summed E-state index contributed by atoms with van der Waals surface area (Å²) in [5.74, 6) is -2.49. The number of hydrogen-bond acceptors (Lipinski definition) is 4. The van der Waals surface area contributed by atoms with E-state index in [1.54, 1.807) is 23.1 Å². The number of hydrogen-bond donors (Lipinski definition) is 0. The number of anilines is 1. The molecule has 150 valence electrons. The predicted molar refractivity (Wildman–Crippen MR) is 102 cm³/mol. The van der Waals surface area contributed by atoms with E-state index < -0.39 is 21.7 Å². The van der Waals surface area contributed by atoms with E-state index in [1.165, 1.54) is 4.31 Å². The maximum Gasteiger partial charge on any atom is 0.254 e. The Morgan fingerprint density at radius 3 is 2.25 bits per heavy atom. The van der Waals surface area contributed by atoms with Crippen LogP contribution in [-0.2, 0) is 10.0 Å². The minimum absolute atomic E-state index is 0.0838. The van der Waals surface area contributed by atoms with Gasteiger partial charge in [-0.2, -0.15) is 4.31 Å². The number of halogens is 2. The lowest BCUT2D eigenvalue weighted by Gasteiger charge is -2.34. The van der Waals surface area contributed by atoms with Gasteiger partial charge in [-0.15, -0.1) is 0 Å². The van der Waals surface area contributed by atoms with Crippen LogP contribution in [0.4, 0.5) is 14.5 Å². The summed E-state index contributed by atoms with van der Waals surface area (Å²) in [5, 5.41) is 0. The number of rotatable bonds is 4. The van der Waals surface area contributed by atoms with Crippen LogP contribution in [-0.4, -0.2) is 63.8 Å². The predicted octanol–water partition coefficient (Wildman–Crippen LogP) is 2.18. The molecule has 0 radical (unpaired) electrons.